The van der Waals surface area contributed by atoms with Crippen LogP contribution in [0.2, 0.25) is 0 Å². The molecule has 5 nitrogen and oxygen atoms in total. The molecule has 0 fully saturated rings. The van der Waals surface area contributed by atoms with Crippen LogP contribution in [0.3, 0.4) is 0 Å². The second-order valence-corrected chi connectivity index (χ2v) is 8.07. The van der Waals surface area contributed by atoms with E-state index in [9.17, 15) is 4.79 Å². The quantitative estimate of drug-likeness (QED) is 0.222. The number of nitrogens with zero attached hydrogens (tertiary/aromatic N) is 1. The standard InChI is InChI=1S/C27H31NO4/c1-4-24(19-31-30)32-25-10-5-8-21(18-25)9-6-16-28-17-7-11-26(28)27(29)23-14-12-22(13-15-23)20(2)3/h5-15,17-18,20,24,30H,4,16,19H2,1-3H3/b9-6+/t24-/m0/s1. The van der Waals surface area contributed by atoms with Gasteiger partial charge in [0.15, 0.2) is 0 Å². The summed E-state index contributed by atoms with van der Waals surface area (Å²) in [5.74, 6) is 1.18. The Morgan fingerprint density at radius 2 is 1.88 bits per heavy atom. The molecular weight excluding hydrogens is 402 g/mol. The molecule has 32 heavy (non-hydrogen) atoms. The van der Waals surface area contributed by atoms with Gasteiger partial charge in [-0.2, -0.15) is 0 Å². The second-order valence-electron chi connectivity index (χ2n) is 8.07. The summed E-state index contributed by atoms with van der Waals surface area (Å²) in [6.45, 7) is 6.96. The Morgan fingerprint density at radius 3 is 2.56 bits per heavy atom. The van der Waals surface area contributed by atoms with Crippen molar-refractivity contribution in [1.82, 2.24) is 4.57 Å². The molecule has 0 aliphatic rings. The highest BCUT2D eigenvalue weighted by Crippen LogP contribution is 2.19. The van der Waals surface area contributed by atoms with E-state index in [1.807, 2.05) is 90.5 Å². The lowest BCUT2D eigenvalue weighted by Gasteiger charge is -2.16. The predicted molar refractivity (Wildman–Crippen MR) is 127 cm³/mol. The zero-order valence-electron chi connectivity index (χ0n) is 18.9. The molecule has 0 radical (unpaired) electrons. The molecule has 168 valence electrons. The maximum absolute atomic E-state index is 13.0. The molecule has 1 aromatic heterocycles. The molecule has 1 heterocycles. The lowest BCUT2D eigenvalue weighted by atomic mass is 10.00. The van der Waals surface area contributed by atoms with Gasteiger partial charge in [-0.25, -0.2) is 4.89 Å². The summed E-state index contributed by atoms with van der Waals surface area (Å²) < 4.78 is 7.80. The Kier molecular flexibility index (Phi) is 8.42. The minimum absolute atomic E-state index is 0.0193. The van der Waals surface area contributed by atoms with Crippen LogP contribution in [0, 0.1) is 0 Å². The van der Waals surface area contributed by atoms with Crippen LogP contribution in [-0.2, 0) is 11.4 Å². The summed E-state index contributed by atoms with van der Waals surface area (Å²) >= 11 is 0. The molecule has 5 heteroatoms. The van der Waals surface area contributed by atoms with Crippen LogP contribution in [0.1, 0.15) is 60.3 Å². The number of carbonyl (C=O) groups is 1. The number of ketones is 1. The number of hydrogen-bond acceptors (Lipinski definition) is 4. The van der Waals surface area contributed by atoms with E-state index >= 15 is 0 Å². The van der Waals surface area contributed by atoms with E-state index in [0.717, 1.165) is 17.7 Å². The van der Waals surface area contributed by atoms with Crippen molar-refractivity contribution in [2.45, 2.75) is 45.8 Å². The summed E-state index contributed by atoms with van der Waals surface area (Å²) in [5, 5.41) is 8.66. The molecule has 0 aliphatic carbocycles. The van der Waals surface area contributed by atoms with E-state index in [1.54, 1.807) is 0 Å². The van der Waals surface area contributed by atoms with E-state index in [4.69, 9.17) is 9.99 Å². The third kappa shape index (κ3) is 6.19. The SMILES string of the molecule is CC[C@@H](COO)Oc1cccc(/C=C/Cn2cccc2C(=O)c2ccc(C(C)C)cc2)c1. The molecule has 0 spiro atoms. The zero-order chi connectivity index (χ0) is 22.9. The highest BCUT2D eigenvalue weighted by Gasteiger charge is 2.13. The smallest absolute Gasteiger partial charge is 0.209 e. The molecule has 0 unspecified atom stereocenters. The average molecular weight is 434 g/mol. The van der Waals surface area contributed by atoms with Gasteiger partial charge in [0.2, 0.25) is 5.78 Å². The van der Waals surface area contributed by atoms with Gasteiger partial charge in [0.1, 0.15) is 18.5 Å². The lowest BCUT2D eigenvalue weighted by molar-refractivity contribution is -0.254. The maximum atomic E-state index is 13.0. The average Bonchev–Trinajstić information content (AvgIpc) is 3.27. The van der Waals surface area contributed by atoms with E-state index in [0.29, 0.717) is 23.7 Å². The van der Waals surface area contributed by atoms with Crippen molar-refractivity contribution < 1.29 is 19.7 Å². The van der Waals surface area contributed by atoms with Gasteiger partial charge in [-0.3, -0.25) is 10.1 Å². The molecular formula is C27H31NO4. The number of benzene rings is 2. The third-order valence-electron chi connectivity index (χ3n) is 5.39. The van der Waals surface area contributed by atoms with Gasteiger partial charge >= 0.3 is 0 Å². The summed E-state index contributed by atoms with van der Waals surface area (Å²) in [6.07, 6.45) is 6.46. The van der Waals surface area contributed by atoms with Crippen LogP contribution in [0.5, 0.6) is 5.75 Å². The van der Waals surface area contributed by atoms with Crippen molar-refractivity contribution in [3.8, 4) is 5.75 Å². The fourth-order valence-electron chi connectivity index (χ4n) is 3.45. The van der Waals surface area contributed by atoms with Gasteiger partial charge in [-0.05, 0) is 47.7 Å². The first-order chi connectivity index (χ1) is 15.5. The van der Waals surface area contributed by atoms with Crippen LogP contribution < -0.4 is 4.74 Å². The Balaban J connectivity index is 1.66. The first kappa shape index (κ1) is 23.5. The summed E-state index contributed by atoms with van der Waals surface area (Å²) in [4.78, 5) is 17.2. The minimum Gasteiger partial charge on any atom is -0.488 e. The number of allylic oxidation sites excluding steroid dienone is 1. The van der Waals surface area contributed by atoms with E-state index < -0.39 is 0 Å². The molecule has 0 saturated heterocycles. The molecule has 0 saturated carbocycles. The normalized spacial score (nSPS) is 12.4. The molecule has 3 rings (SSSR count). The molecule has 1 atom stereocenters. The van der Waals surface area contributed by atoms with Gasteiger partial charge in [0.25, 0.3) is 0 Å². The van der Waals surface area contributed by atoms with Crippen LogP contribution >= 0.6 is 0 Å². The van der Waals surface area contributed by atoms with Crippen LogP contribution in [0.15, 0.2) is 72.9 Å². The number of hydrogen-bond donors (Lipinski definition) is 1. The van der Waals surface area contributed by atoms with Crippen molar-refractivity contribution in [3.63, 3.8) is 0 Å². The van der Waals surface area contributed by atoms with Gasteiger partial charge in [-0.1, -0.05) is 69.3 Å². The Morgan fingerprint density at radius 1 is 1.09 bits per heavy atom. The molecule has 0 bridgehead atoms. The predicted octanol–water partition coefficient (Wildman–Crippen LogP) is 6.20. The van der Waals surface area contributed by atoms with Gasteiger partial charge in [0, 0.05) is 18.3 Å². The third-order valence-corrected chi connectivity index (χ3v) is 5.39. The first-order valence-electron chi connectivity index (χ1n) is 11.0. The number of aromatic nitrogens is 1. The second kappa shape index (κ2) is 11.5. The van der Waals surface area contributed by atoms with Gasteiger partial charge in [0.05, 0.1) is 5.69 Å². The molecule has 0 amide bonds. The topological polar surface area (TPSA) is 60.7 Å². The van der Waals surface area contributed by atoms with Crippen LogP contribution in [0.25, 0.3) is 6.08 Å². The summed E-state index contributed by atoms with van der Waals surface area (Å²) in [6, 6.07) is 19.3. The Labute approximate surface area is 189 Å². The zero-order valence-corrected chi connectivity index (χ0v) is 18.9. The van der Waals surface area contributed by atoms with Crippen molar-refractivity contribution in [1.29, 1.82) is 0 Å². The number of carbonyl (C=O) groups excluding carboxylic acids is 1. The summed E-state index contributed by atoms with van der Waals surface area (Å²) in [5.41, 5.74) is 3.58. The van der Waals surface area contributed by atoms with Crippen molar-refractivity contribution in [2.75, 3.05) is 6.61 Å². The fraction of sp³-hybridized carbons (Fsp3) is 0.296. The molecule has 2 aromatic carbocycles. The van der Waals surface area contributed by atoms with E-state index in [1.165, 1.54) is 5.56 Å². The summed E-state index contributed by atoms with van der Waals surface area (Å²) in [7, 11) is 0. The van der Waals surface area contributed by atoms with Crippen LogP contribution in [-0.4, -0.2) is 28.3 Å². The van der Waals surface area contributed by atoms with Crippen LogP contribution in [0.4, 0.5) is 0 Å². The van der Waals surface area contributed by atoms with E-state index in [-0.39, 0.29) is 18.5 Å². The van der Waals surface area contributed by atoms with Crippen molar-refractivity contribution in [3.05, 3.63) is 95.3 Å². The minimum atomic E-state index is -0.206. The first-order valence-corrected chi connectivity index (χ1v) is 11.0. The van der Waals surface area contributed by atoms with Crippen molar-refractivity contribution in [2.24, 2.45) is 0 Å². The largest absolute Gasteiger partial charge is 0.488 e. The van der Waals surface area contributed by atoms with E-state index in [2.05, 4.69) is 18.7 Å². The van der Waals surface area contributed by atoms with Crippen molar-refractivity contribution >= 4 is 11.9 Å². The number of ether oxygens (including phenoxy) is 1. The monoisotopic (exact) mass is 433 g/mol. The fourth-order valence-corrected chi connectivity index (χ4v) is 3.45. The number of rotatable bonds is 11. The molecule has 0 aliphatic heterocycles. The van der Waals surface area contributed by atoms with Gasteiger partial charge < -0.3 is 9.30 Å². The highest BCUT2D eigenvalue weighted by atomic mass is 17.1. The molecule has 3 aromatic rings. The maximum Gasteiger partial charge on any atom is 0.209 e. The Bertz CT molecular complexity index is 1030. The lowest BCUT2D eigenvalue weighted by Crippen LogP contribution is -2.21. The molecule has 1 N–H and O–H groups in total. The highest BCUT2D eigenvalue weighted by molar-refractivity contribution is 6.08. The Hall–Kier alpha value is -3.15. The van der Waals surface area contributed by atoms with Gasteiger partial charge in [-0.15, -0.1) is 0 Å².